The van der Waals surface area contributed by atoms with E-state index in [1.54, 1.807) is 7.05 Å². The molecule has 0 radical (unpaired) electrons. The van der Waals surface area contributed by atoms with Crippen molar-refractivity contribution in [2.45, 2.75) is 32.0 Å². The summed E-state index contributed by atoms with van der Waals surface area (Å²) in [6.07, 6.45) is -2.71. The van der Waals surface area contributed by atoms with Crippen LogP contribution in [0.5, 0.6) is 0 Å². The molecule has 1 amide bonds. The summed E-state index contributed by atoms with van der Waals surface area (Å²) in [6, 6.07) is -0.104. The van der Waals surface area contributed by atoms with Crippen LogP contribution < -0.4 is 16.0 Å². The summed E-state index contributed by atoms with van der Waals surface area (Å²) in [5, 5.41) is 8.62. The van der Waals surface area contributed by atoms with Crippen molar-refractivity contribution in [3.63, 3.8) is 0 Å². The zero-order valence-electron chi connectivity index (χ0n) is 13.0. The fourth-order valence-electron chi connectivity index (χ4n) is 2.23. The lowest BCUT2D eigenvalue weighted by Gasteiger charge is -2.19. The van der Waals surface area contributed by atoms with Gasteiger partial charge in [0.15, 0.2) is 5.96 Å². The molecule has 9 heteroatoms. The quantitative estimate of drug-likeness (QED) is 0.486. The second-order valence-corrected chi connectivity index (χ2v) is 5.26. The van der Waals surface area contributed by atoms with Crippen LogP contribution in [0.3, 0.4) is 0 Å². The van der Waals surface area contributed by atoms with Gasteiger partial charge in [-0.2, -0.15) is 13.2 Å². The third-order valence-corrected chi connectivity index (χ3v) is 3.23. The molecule has 0 aliphatic carbocycles. The molecule has 6 nitrogen and oxygen atoms in total. The van der Waals surface area contributed by atoms with Crippen molar-refractivity contribution in [2.24, 2.45) is 4.99 Å². The van der Waals surface area contributed by atoms with E-state index in [1.807, 2.05) is 6.92 Å². The highest BCUT2D eigenvalue weighted by atomic mass is 19.4. The van der Waals surface area contributed by atoms with Crippen molar-refractivity contribution in [3.8, 4) is 0 Å². The number of likely N-dealkylation sites (tertiary alicyclic amines) is 1. The topological polar surface area (TPSA) is 68.8 Å². The number of aliphatic imine (C=N–C) groups is 1. The zero-order valence-corrected chi connectivity index (χ0v) is 13.0. The highest BCUT2D eigenvalue weighted by Gasteiger charge is 2.34. The van der Waals surface area contributed by atoms with Crippen LogP contribution in [-0.2, 0) is 4.79 Å². The van der Waals surface area contributed by atoms with Crippen molar-refractivity contribution in [1.29, 1.82) is 0 Å². The molecule has 1 aliphatic rings. The molecule has 0 aromatic heterocycles. The van der Waals surface area contributed by atoms with Gasteiger partial charge in [-0.15, -0.1) is 0 Å². The summed E-state index contributed by atoms with van der Waals surface area (Å²) < 4.78 is 37.0. The summed E-state index contributed by atoms with van der Waals surface area (Å²) in [4.78, 5) is 16.8. The number of guanidine groups is 1. The molecule has 0 bridgehead atoms. The minimum absolute atomic E-state index is 0.0820. The Hall–Kier alpha value is -1.51. The lowest BCUT2D eigenvalue weighted by molar-refractivity contribution is -0.143. The van der Waals surface area contributed by atoms with E-state index in [-0.39, 0.29) is 18.5 Å². The molecule has 3 N–H and O–H groups in total. The van der Waals surface area contributed by atoms with Crippen LogP contribution in [0, 0.1) is 0 Å². The van der Waals surface area contributed by atoms with Crippen LogP contribution in [0.15, 0.2) is 4.99 Å². The van der Waals surface area contributed by atoms with Gasteiger partial charge in [-0.1, -0.05) is 6.92 Å². The molecule has 0 aromatic carbocycles. The van der Waals surface area contributed by atoms with Crippen molar-refractivity contribution < 1.29 is 18.0 Å². The van der Waals surface area contributed by atoms with Gasteiger partial charge in [0.1, 0.15) is 0 Å². The predicted octanol–water partition coefficient (Wildman–Crippen LogP) is 0.314. The van der Waals surface area contributed by atoms with Crippen molar-refractivity contribution in [1.82, 2.24) is 20.9 Å². The standard InChI is InChI=1S/C13H24F3N5O/c1-3-5-18-11(22)7-19-12(17-2)20-10-4-6-21(8-10)9-13(14,15)16/h10H,3-9H2,1-2H3,(H,18,22)(H2,17,19,20). The Kier molecular flexibility index (Phi) is 7.43. The minimum atomic E-state index is -4.17. The minimum Gasteiger partial charge on any atom is -0.355 e. The SMILES string of the molecule is CCCNC(=O)CNC(=NC)NC1CCN(CC(F)(F)F)C1. The van der Waals surface area contributed by atoms with Gasteiger partial charge >= 0.3 is 6.18 Å². The maximum absolute atomic E-state index is 12.3. The maximum atomic E-state index is 12.3. The van der Waals surface area contributed by atoms with Gasteiger partial charge in [0.05, 0.1) is 13.1 Å². The van der Waals surface area contributed by atoms with Crippen LogP contribution >= 0.6 is 0 Å². The molecular formula is C13H24F3N5O. The van der Waals surface area contributed by atoms with E-state index in [9.17, 15) is 18.0 Å². The second-order valence-electron chi connectivity index (χ2n) is 5.26. The molecule has 1 aliphatic heterocycles. The van der Waals surface area contributed by atoms with Gasteiger partial charge in [0.2, 0.25) is 5.91 Å². The Balaban J connectivity index is 2.31. The monoisotopic (exact) mass is 323 g/mol. The smallest absolute Gasteiger partial charge is 0.355 e. The number of alkyl halides is 3. The molecule has 128 valence electrons. The molecule has 1 fully saturated rings. The summed E-state index contributed by atoms with van der Waals surface area (Å²) >= 11 is 0. The molecule has 0 aromatic rings. The van der Waals surface area contributed by atoms with Crippen molar-refractivity contribution in [2.75, 3.05) is 39.8 Å². The average Bonchev–Trinajstić information content (AvgIpc) is 2.85. The first-order valence-corrected chi connectivity index (χ1v) is 7.37. The molecule has 22 heavy (non-hydrogen) atoms. The van der Waals surface area contributed by atoms with E-state index in [0.717, 1.165) is 6.42 Å². The van der Waals surface area contributed by atoms with Crippen LogP contribution in [0.25, 0.3) is 0 Å². The van der Waals surface area contributed by atoms with E-state index < -0.39 is 12.7 Å². The number of amides is 1. The Morgan fingerprint density at radius 2 is 2.09 bits per heavy atom. The third-order valence-electron chi connectivity index (χ3n) is 3.23. The largest absolute Gasteiger partial charge is 0.401 e. The highest BCUT2D eigenvalue weighted by molar-refractivity contribution is 5.86. The summed E-state index contributed by atoms with van der Waals surface area (Å²) in [5.74, 6) is 0.278. The fourth-order valence-corrected chi connectivity index (χ4v) is 2.23. The fraction of sp³-hybridized carbons (Fsp3) is 0.846. The van der Waals surface area contributed by atoms with Crippen LogP contribution in [-0.4, -0.2) is 68.8 Å². The van der Waals surface area contributed by atoms with E-state index in [2.05, 4.69) is 20.9 Å². The molecule has 1 unspecified atom stereocenters. The first-order chi connectivity index (χ1) is 10.3. The Morgan fingerprint density at radius 1 is 1.36 bits per heavy atom. The lowest BCUT2D eigenvalue weighted by atomic mass is 10.3. The van der Waals surface area contributed by atoms with Gasteiger partial charge in [-0.3, -0.25) is 14.7 Å². The molecule has 1 rings (SSSR count). The predicted molar refractivity (Wildman–Crippen MR) is 78.7 cm³/mol. The zero-order chi connectivity index (χ0) is 16.6. The maximum Gasteiger partial charge on any atom is 0.401 e. The van der Waals surface area contributed by atoms with Gasteiger partial charge in [-0.05, 0) is 12.8 Å². The van der Waals surface area contributed by atoms with E-state index in [4.69, 9.17) is 0 Å². The molecular weight excluding hydrogens is 299 g/mol. The van der Waals surface area contributed by atoms with Gasteiger partial charge in [0, 0.05) is 32.7 Å². The van der Waals surface area contributed by atoms with Crippen molar-refractivity contribution >= 4 is 11.9 Å². The number of hydrogen-bond donors (Lipinski definition) is 3. The lowest BCUT2D eigenvalue weighted by Crippen LogP contribution is -2.47. The normalized spacial score (nSPS) is 20.0. The number of nitrogens with zero attached hydrogens (tertiary/aromatic N) is 2. The Labute approximate surface area is 128 Å². The second kappa shape index (κ2) is 8.82. The molecule has 1 heterocycles. The first-order valence-electron chi connectivity index (χ1n) is 7.37. The number of nitrogens with one attached hydrogen (secondary N) is 3. The van der Waals surface area contributed by atoms with E-state index in [0.29, 0.717) is 32.0 Å². The molecule has 1 saturated heterocycles. The van der Waals surface area contributed by atoms with Crippen molar-refractivity contribution in [3.05, 3.63) is 0 Å². The molecule has 0 spiro atoms. The summed E-state index contributed by atoms with van der Waals surface area (Å²) in [7, 11) is 1.56. The van der Waals surface area contributed by atoms with Crippen LogP contribution in [0.1, 0.15) is 19.8 Å². The first kappa shape index (κ1) is 18.5. The number of hydrogen-bond acceptors (Lipinski definition) is 3. The Bertz CT molecular complexity index is 386. The van der Waals surface area contributed by atoms with E-state index in [1.165, 1.54) is 4.90 Å². The Morgan fingerprint density at radius 3 is 2.68 bits per heavy atom. The summed E-state index contributed by atoms with van der Waals surface area (Å²) in [6.45, 7) is 2.46. The number of rotatable bonds is 6. The average molecular weight is 323 g/mol. The van der Waals surface area contributed by atoms with Crippen LogP contribution in [0.2, 0.25) is 0 Å². The van der Waals surface area contributed by atoms with E-state index >= 15 is 0 Å². The van der Waals surface area contributed by atoms with Gasteiger partial charge in [0.25, 0.3) is 0 Å². The molecule has 0 saturated carbocycles. The highest BCUT2D eigenvalue weighted by Crippen LogP contribution is 2.19. The number of carbonyl (C=O) groups excluding carboxylic acids is 1. The number of halogens is 3. The van der Waals surface area contributed by atoms with Crippen LogP contribution in [0.4, 0.5) is 13.2 Å². The number of carbonyl (C=O) groups is 1. The third kappa shape index (κ3) is 7.48. The molecule has 1 atom stereocenters. The van der Waals surface area contributed by atoms with Gasteiger partial charge < -0.3 is 16.0 Å². The summed E-state index contributed by atoms with van der Waals surface area (Å²) in [5.41, 5.74) is 0. The van der Waals surface area contributed by atoms with Gasteiger partial charge in [-0.25, -0.2) is 0 Å².